The predicted molar refractivity (Wildman–Crippen MR) is 76.6 cm³/mol. The lowest BCUT2D eigenvalue weighted by Gasteiger charge is -2.36. The molecule has 2 rings (SSSR count). The molecule has 3 nitrogen and oxygen atoms in total. The molecule has 0 spiro atoms. The average molecular weight is 259 g/mol. The molecule has 0 amide bonds. The second-order valence-corrected chi connectivity index (χ2v) is 5.56. The van der Waals surface area contributed by atoms with Crippen LogP contribution < -0.4 is 5.32 Å². The first kappa shape index (κ1) is 13.7. The molecular formula is C16H21NO2. The normalized spacial score (nSPS) is 19.2. The summed E-state index contributed by atoms with van der Waals surface area (Å²) in [4.78, 5) is 11.9. The quantitative estimate of drug-likeness (QED) is 0.655. The van der Waals surface area contributed by atoms with Crippen LogP contribution in [0.4, 0.5) is 0 Å². The van der Waals surface area contributed by atoms with Crippen LogP contribution in [0, 0.1) is 0 Å². The Morgan fingerprint density at radius 2 is 2.05 bits per heavy atom. The molecule has 0 aliphatic carbocycles. The summed E-state index contributed by atoms with van der Waals surface area (Å²) in [7, 11) is 0. The Labute approximate surface area is 114 Å². The SMILES string of the molecule is CCOC(=O)/C(C)=C1/NC(C)(C)Cc2ccccc21. The van der Waals surface area contributed by atoms with Crippen molar-refractivity contribution in [2.45, 2.75) is 39.7 Å². The van der Waals surface area contributed by atoms with E-state index in [4.69, 9.17) is 4.74 Å². The van der Waals surface area contributed by atoms with E-state index in [1.54, 1.807) is 0 Å². The van der Waals surface area contributed by atoms with Crippen LogP contribution in [0.3, 0.4) is 0 Å². The lowest BCUT2D eigenvalue weighted by molar-refractivity contribution is -0.138. The Kier molecular flexibility index (Phi) is 3.65. The number of esters is 1. The minimum absolute atomic E-state index is 0.0581. The third-order valence-corrected chi connectivity index (χ3v) is 3.34. The molecule has 0 atom stereocenters. The van der Waals surface area contributed by atoms with Crippen molar-refractivity contribution in [1.82, 2.24) is 5.32 Å². The summed E-state index contributed by atoms with van der Waals surface area (Å²) in [5.74, 6) is -0.252. The molecule has 1 aliphatic rings. The van der Waals surface area contributed by atoms with E-state index in [2.05, 4.69) is 31.3 Å². The lowest BCUT2D eigenvalue weighted by Crippen LogP contribution is -2.44. The van der Waals surface area contributed by atoms with Gasteiger partial charge in [-0.05, 0) is 39.7 Å². The van der Waals surface area contributed by atoms with Gasteiger partial charge in [-0.2, -0.15) is 0 Å². The van der Waals surface area contributed by atoms with Gasteiger partial charge in [-0.15, -0.1) is 0 Å². The van der Waals surface area contributed by atoms with Crippen LogP contribution >= 0.6 is 0 Å². The van der Waals surface area contributed by atoms with Crippen molar-refractivity contribution in [3.05, 3.63) is 41.0 Å². The van der Waals surface area contributed by atoms with E-state index in [-0.39, 0.29) is 11.5 Å². The van der Waals surface area contributed by atoms with E-state index in [1.807, 2.05) is 26.0 Å². The first-order chi connectivity index (χ1) is 8.94. The highest BCUT2D eigenvalue weighted by Crippen LogP contribution is 2.31. The molecular weight excluding hydrogens is 238 g/mol. The van der Waals surface area contributed by atoms with Crippen LogP contribution in [0.25, 0.3) is 5.70 Å². The fraction of sp³-hybridized carbons (Fsp3) is 0.438. The van der Waals surface area contributed by atoms with Crippen LogP contribution in [0.15, 0.2) is 29.8 Å². The van der Waals surface area contributed by atoms with Crippen LogP contribution in [-0.2, 0) is 16.0 Å². The molecule has 1 heterocycles. The molecule has 0 unspecified atom stereocenters. The van der Waals surface area contributed by atoms with Crippen molar-refractivity contribution in [3.63, 3.8) is 0 Å². The molecule has 0 aromatic heterocycles. The van der Waals surface area contributed by atoms with Gasteiger partial charge in [0.2, 0.25) is 0 Å². The molecule has 3 heteroatoms. The molecule has 0 saturated carbocycles. The Hall–Kier alpha value is -1.77. The van der Waals surface area contributed by atoms with E-state index in [1.165, 1.54) is 5.56 Å². The number of carbonyl (C=O) groups is 1. The van der Waals surface area contributed by atoms with Gasteiger partial charge in [0.05, 0.1) is 17.9 Å². The summed E-state index contributed by atoms with van der Waals surface area (Å²) in [6, 6.07) is 8.21. The zero-order chi connectivity index (χ0) is 14.0. The van der Waals surface area contributed by atoms with Crippen LogP contribution in [0.5, 0.6) is 0 Å². The number of ether oxygens (including phenoxy) is 1. The van der Waals surface area contributed by atoms with E-state index in [0.29, 0.717) is 12.2 Å². The van der Waals surface area contributed by atoms with Gasteiger partial charge in [-0.3, -0.25) is 0 Å². The Morgan fingerprint density at radius 3 is 2.74 bits per heavy atom. The Bertz CT molecular complexity index is 529. The van der Waals surface area contributed by atoms with Crippen molar-refractivity contribution in [1.29, 1.82) is 0 Å². The van der Waals surface area contributed by atoms with E-state index < -0.39 is 0 Å². The molecule has 0 saturated heterocycles. The minimum atomic E-state index is -0.252. The molecule has 1 aromatic carbocycles. The number of fused-ring (bicyclic) bond motifs is 1. The second kappa shape index (κ2) is 5.08. The van der Waals surface area contributed by atoms with Crippen molar-refractivity contribution >= 4 is 11.7 Å². The van der Waals surface area contributed by atoms with E-state index in [9.17, 15) is 4.79 Å². The fourth-order valence-electron chi connectivity index (χ4n) is 2.48. The average Bonchev–Trinajstić information content (AvgIpc) is 2.36. The fourth-order valence-corrected chi connectivity index (χ4v) is 2.48. The Morgan fingerprint density at radius 1 is 1.37 bits per heavy atom. The molecule has 19 heavy (non-hydrogen) atoms. The minimum Gasteiger partial charge on any atom is -0.463 e. The number of benzene rings is 1. The zero-order valence-corrected chi connectivity index (χ0v) is 12.0. The zero-order valence-electron chi connectivity index (χ0n) is 12.0. The van der Waals surface area contributed by atoms with E-state index in [0.717, 1.165) is 17.7 Å². The molecule has 1 aliphatic heterocycles. The van der Waals surface area contributed by atoms with Crippen molar-refractivity contribution in [2.24, 2.45) is 0 Å². The first-order valence-electron chi connectivity index (χ1n) is 6.69. The summed E-state index contributed by atoms with van der Waals surface area (Å²) >= 11 is 0. The third-order valence-electron chi connectivity index (χ3n) is 3.34. The number of nitrogens with one attached hydrogen (secondary N) is 1. The highest BCUT2D eigenvalue weighted by molar-refractivity contribution is 5.97. The summed E-state index contributed by atoms with van der Waals surface area (Å²) in [6.07, 6.45) is 0.947. The summed E-state index contributed by atoms with van der Waals surface area (Å²) in [5, 5.41) is 3.47. The topological polar surface area (TPSA) is 38.3 Å². The van der Waals surface area contributed by atoms with Crippen LogP contribution in [-0.4, -0.2) is 18.1 Å². The standard InChI is InChI=1S/C16H21NO2/c1-5-19-15(18)11(2)14-13-9-7-6-8-12(13)10-16(3,4)17-14/h6-9,17H,5,10H2,1-4H3/b14-11+. The van der Waals surface area contributed by atoms with Crippen LogP contribution in [0.1, 0.15) is 38.8 Å². The van der Waals surface area contributed by atoms with Gasteiger partial charge in [0.25, 0.3) is 0 Å². The molecule has 1 N–H and O–H groups in total. The molecule has 1 aromatic rings. The summed E-state index contributed by atoms with van der Waals surface area (Å²) < 4.78 is 5.10. The van der Waals surface area contributed by atoms with Gasteiger partial charge in [0, 0.05) is 11.1 Å². The van der Waals surface area contributed by atoms with Gasteiger partial charge < -0.3 is 10.1 Å². The predicted octanol–water partition coefficient (Wildman–Crippen LogP) is 2.91. The van der Waals surface area contributed by atoms with Gasteiger partial charge in [0.1, 0.15) is 0 Å². The maximum absolute atomic E-state index is 11.9. The lowest BCUT2D eigenvalue weighted by atomic mass is 9.85. The van der Waals surface area contributed by atoms with Crippen molar-refractivity contribution < 1.29 is 9.53 Å². The third kappa shape index (κ3) is 2.80. The highest BCUT2D eigenvalue weighted by atomic mass is 16.5. The molecule has 0 fully saturated rings. The van der Waals surface area contributed by atoms with Crippen LogP contribution in [0.2, 0.25) is 0 Å². The summed E-state index contributed by atoms with van der Waals surface area (Å²) in [5.41, 5.74) is 3.85. The van der Waals surface area contributed by atoms with Crippen molar-refractivity contribution in [3.8, 4) is 0 Å². The number of rotatable bonds is 2. The maximum Gasteiger partial charge on any atom is 0.335 e. The Balaban J connectivity index is 2.51. The van der Waals surface area contributed by atoms with Gasteiger partial charge in [-0.1, -0.05) is 24.3 Å². The molecule has 102 valence electrons. The number of carbonyl (C=O) groups excluding carboxylic acids is 1. The van der Waals surface area contributed by atoms with Gasteiger partial charge in [-0.25, -0.2) is 4.79 Å². The van der Waals surface area contributed by atoms with Crippen molar-refractivity contribution in [2.75, 3.05) is 6.61 Å². The number of hydrogen-bond acceptors (Lipinski definition) is 3. The summed E-state index contributed by atoms with van der Waals surface area (Å²) in [6.45, 7) is 8.32. The number of hydrogen-bond donors (Lipinski definition) is 1. The van der Waals surface area contributed by atoms with Gasteiger partial charge >= 0.3 is 5.97 Å². The maximum atomic E-state index is 11.9. The highest BCUT2D eigenvalue weighted by Gasteiger charge is 2.29. The smallest absolute Gasteiger partial charge is 0.335 e. The largest absolute Gasteiger partial charge is 0.463 e. The van der Waals surface area contributed by atoms with E-state index >= 15 is 0 Å². The molecule has 0 radical (unpaired) electrons. The molecule has 0 bridgehead atoms. The van der Waals surface area contributed by atoms with Gasteiger partial charge in [0.15, 0.2) is 0 Å². The first-order valence-corrected chi connectivity index (χ1v) is 6.69. The second-order valence-electron chi connectivity index (χ2n) is 5.56. The monoisotopic (exact) mass is 259 g/mol.